The fraction of sp³-hybridized carbons (Fsp3) is 0.346. The molecule has 1 amide bonds. The van der Waals surface area contributed by atoms with Crippen molar-refractivity contribution in [2.75, 3.05) is 19.7 Å². The Morgan fingerprint density at radius 1 is 1.00 bits per heavy atom. The lowest BCUT2D eigenvalue weighted by Gasteiger charge is -2.28. The number of halogens is 1. The SMILES string of the molecule is O=C(CN(CC1CCCO1)S(=O)(=O)Cc1ccccc1)N(Cc1ccc(F)cc1)Cc1cccs1. The van der Waals surface area contributed by atoms with Crippen LogP contribution in [0, 0.1) is 5.82 Å². The molecular weight excluding hydrogens is 487 g/mol. The molecule has 0 bridgehead atoms. The van der Waals surface area contributed by atoms with Crippen LogP contribution in [0.3, 0.4) is 0 Å². The number of benzene rings is 2. The van der Waals surface area contributed by atoms with Crippen LogP contribution >= 0.6 is 11.3 Å². The summed E-state index contributed by atoms with van der Waals surface area (Å²) in [6.45, 7) is 1.07. The van der Waals surface area contributed by atoms with E-state index in [1.54, 1.807) is 41.3 Å². The second kappa shape index (κ2) is 11.9. The lowest BCUT2D eigenvalue weighted by atomic mass is 10.2. The van der Waals surface area contributed by atoms with Gasteiger partial charge in [-0.05, 0) is 47.5 Å². The molecule has 1 unspecified atom stereocenters. The zero-order valence-corrected chi connectivity index (χ0v) is 21.0. The summed E-state index contributed by atoms with van der Waals surface area (Å²) in [5, 5.41) is 1.93. The Morgan fingerprint density at radius 2 is 1.77 bits per heavy atom. The first-order valence-electron chi connectivity index (χ1n) is 11.6. The van der Waals surface area contributed by atoms with Crippen molar-refractivity contribution in [1.82, 2.24) is 9.21 Å². The highest BCUT2D eigenvalue weighted by atomic mass is 32.2. The molecule has 0 spiro atoms. The highest BCUT2D eigenvalue weighted by molar-refractivity contribution is 7.88. The van der Waals surface area contributed by atoms with Crippen LogP contribution in [0.4, 0.5) is 4.39 Å². The van der Waals surface area contributed by atoms with Crippen molar-refractivity contribution in [3.63, 3.8) is 0 Å². The Balaban J connectivity index is 1.55. The second-order valence-electron chi connectivity index (χ2n) is 8.63. The Morgan fingerprint density at radius 3 is 2.43 bits per heavy atom. The van der Waals surface area contributed by atoms with Crippen molar-refractivity contribution >= 4 is 27.3 Å². The minimum atomic E-state index is -3.77. The molecule has 1 aromatic heterocycles. The summed E-state index contributed by atoms with van der Waals surface area (Å²) in [6.07, 6.45) is 1.41. The Labute approximate surface area is 210 Å². The average Bonchev–Trinajstić information content (AvgIpc) is 3.54. The molecule has 1 aliphatic rings. The third-order valence-electron chi connectivity index (χ3n) is 5.89. The van der Waals surface area contributed by atoms with Gasteiger partial charge in [-0.1, -0.05) is 48.5 Å². The van der Waals surface area contributed by atoms with Crippen LogP contribution in [0.2, 0.25) is 0 Å². The molecule has 1 aliphatic heterocycles. The first-order valence-corrected chi connectivity index (χ1v) is 14.1. The number of thiophene rings is 1. The molecule has 0 radical (unpaired) electrons. The number of sulfonamides is 1. The van der Waals surface area contributed by atoms with Gasteiger partial charge in [-0.15, -0.1) is 11.3 Å². The molecular formula is C26H29FN2O4S2. The van der Waals surface area contributed by atoms with E-state index in [9.17, 15) is 17.6 Å². The van der Waals surface area contributed by atoms with E-state index in [-0.39, 0.29) is 43.2 Å². The summed E-state index contributed by atoms with van der Waals surface area (Å²) in [7, 11) is -3.77. The number of carbonyl (C=O) groups is 1. The maximum Gasteiger partial charge on any atom is 0.238 e. The molecule has 4 rings (SSSR count). The van der Waals surface area contributed by atoms with E-state index >= 15 is 0 Å². The number of amides is 1. The molecule has 1 saturated heterocycles. The Bertz CT molecular complexity index is 1180. The molecule has 0 N–H and O–H groups in total. The summed E-state index contributed by atoms with van der Waals surface area (Å²) in [5.41, 5.74) is 1.44. The van der Waals surface area contributed by atoms with Gasteiger partial charge < -0.3 is 9.64 Å². The van der Waals surface area contributed by atoms with Crippen molar-refractivity contribution in [1.29, 1.82) is 0 Å². The van der Waals surface area contributed by atoms with E-state index in [1.807, 2.05) is 23.6 Å². The minimum Gasteiger partial charge on any atom is -0.377 e. The van der Waals surface area contributed by atoms with Crippen LogP contribution < -0.4 is 0 Å². The summed E-state index contributed by atoms with van der Waals surface area (Å²) in [4.78, 5) is 16.1. The van der Waals surface area contributed by atoms with Gasteiger partial charge in [0.05, 0.1) is 24.9 Å². The van der Waals surface area contributed by atoms with E-state index in [0.717, 1.165) is 23.3 Å². The van der Waals surface area contributed by atoms with Crippen LogP contribution in [-0.2, 0) is 38.4 Å². The standard InChI is InChI=1S/C26H29FN2O4S2/c27-23-12-10-21(11-13-23)16-28(18-25-9-5-15-34-25)26(30)19-29(17-24-8-4-14-33-24)35(31,32)20-22-6-2-1-3-7-22/h1-3,5-7,9-13,15,24H,4,8,14,16-20H2. The van der Waals surface area contributed by atoms with E-state index < -0.39 is 10.0 Å². The van der Waals surface area contributed by atoms with Crippen molar-refractivity contribution in [3.05, 3.63) is 93.9 Å². The largest absolute Gasteiger partial charge is 0.377 e. The summed E-state index contributed by atoms with van der Waals surface area (Å²) < 4.78 is 47.2. The molecule has 2 aromatic carbocycles. The molecule has 1 atom stereocenters. The minimum absolute atomic E-state index is 0.143. The number of rotatable bonds is 11. The van der Waals surface area contributed by atoms with Gasteiger partial charge >= 0.3 is 0 Å². The Kier molecular flexibility index (Phi) is 8.67. The lowest BCUT2D eigenvalue weighted by Crippen LogP contribution is -2.45. The van der Waals surface area contributed by atoms with Gasteiger partial charge in [-0.2, -0.15) is 4.31 Å². The summed E-state index contributed by atoms with van der Waals surface area (Å²) >= 11 is 1.53. The highest BCUT2D eigenvalue weighted by Gasteiger charge is 2.31. The zero-order valence-electron chi connectivity index (χ0n) is 19.4. The number of hydrogen-bond donors (Lipinski definition) is 0. The molecule has 186 valence electrons. The van der Waals surface area contributed by atoms with Gasteiger partial charge in [0.25, 0.3) is 0 Å². The van der Waals surface area contributed by atoms with Gasteiger partial charge in [0.15, 0.2) is 0 Å². The van der Waals surface area contributed by atoms with Gasteiger partial charge in [0.2, 0.25) is 15.9 Å². The second-order valence-corrected chi connectivity index (χ2v) is 11.6. The lowest BCUT2D eigenvalue weighted by molar-refractivity contribution is -0.132. The topological polar surface area (TPSA) is 66.9 Å². The monoisotopic (exact) mass is 516 g/mol. The maximum absolute atomic E-state index is 13.5. The van der Waals surface area contributed by atoms with Gasteiger partial charge in [-0.3, -0.25) is 4.79 Å². The third kappa shape index (κ3) is 7.44. The first kappa shape index (κ1) is 25.5. The van der Waals surface area contributed by atoms with Crippen molar-refractivity contribution in [3.8, 4) is 0 Å². The summed E-state index contributed by atoms with van der Waals surface area (Å²) in [5.74, 6) is -0.839. The van der Waals surface area contributed by atoms with Gasteiger partial charge in [0, 0.05) is 24.6 Å². The van der Waals surface area contributed by atoms with Crippen LogP contribution in [0.15, 0.2) is 72.1 Å². The molecule has 6 nitrogen and oxygen atoms in total. The van der Waals surface area contributed by atoms with E-state index in [1.165, 1.54) is 27.8 Å². The fourth-order valence-electron chi connectivity index (χ4n) is 4.05. The smallest absolute Gasteiger partial charge is 0.238 e. The van der Waals surface area contributed by atoms with E-state index in [4.69, 9.17) is 4.74 Å². The first-order chi connectivity index (χ1) is 16.9. The van der Waals surface area contributed by atoms with E-state index in [2.05, 4.69) is 0 Å². The van der Waals surface area contributed by atoms with E-state index in [0.29, 0.717) is 18.7 Å². The van der Waals surface area contributed by atoms with Crippen molar-refractivity contribution in [2.24, 2.45) is 0 Å². The highest BCUT2D eigenvalue weighted by Crippen LogP contribution is 2.20. The quantitative estimate of drug-likeness (QED) is 0.378. The maximum atomic E-state index is 13.5. The molecule has 0 saturated carbocycles. The van der Waals surface area contributed by atoms with Crippen LogP contribution in [-0.4, -0.2) is 49.3 Å². The summed E-state index contributed by atoms with van der Waals surface area (Å²) in [6, 6.07) is 18.8. The molecule has 9 heteroatoms. The van der Waals surface area contributed by atoms with Crippen molar-refractivity contribution < 1.29 is 22.3 Å². The van der Waals surface area contributed by atoms with Crippen LogP contribution in [0.25, 0.3) is 0 Å². The normalized spacial score (nSPS) is 16.0. The molecule has 2 heterocycles. The number of nitrogens with zero attached hydrogens (tertiary/aromatic N) is 2. The number of carbonyl (C=O) groups excluding carboxylic acids is 1. The Hall–Kier alpha value is -2.59. The molecule has 0 aliphatic carbocycles. The zero-order chi connectivity index (χ0) is 24.7. The van der Waals surface area contributed by atoms with Crippen molar-refractivity contribution in [2.45, 2.75) is 37.8 Å². The third-order valence-corrected chi connectivity index (χ3v) is 8.52. The van der Waals surface area contributed by atoms with Crippen LogP contribution in [0.1, 0.15) is 28.8 Å². The van der Waals surface area contributed by atoms with Gasteiger partial charge in [0.1, 0.15) is 5.82 Å². The molecule has 1 fully saturated rings. The number of hydrogen-bond acceptors (Lipinski definition) is 5. The molecule has 35 heavy (non-hydrogen) atoms. The average molecular weight is 517 g/mol. The predicted molar refractivity (Wildman–Crippen MR) is 135 cm³/mol. The molecule has 3 aromatic rings. The fourth-order valence-corrected chi connectivity index (χ4v) is 6.27. The predicted octanol–water partition coefficient (Wildman–Crippen LogP) is 4.43. The van der Waals surface area contributed by atoms with Gasteiger partial charge in [-0.25, -0.2) is 12.8 Å². The number of ether oxygens (including phenoxy) is 1. The van der Waals surface area contributed by atoms with Crippen LogP contribution in [0.5, 0.6) is 0 Å².